The third kappa shape index (κ3) is 22.6. The summed E-state index contributed by atoms with van der Waals surface area (Å²) in [6.45, 7) is 10.6. The van der Waals surface area contributed by atoms with E-state index in [4.69, 9.17) is 25.4 Å². The monoisotopic (exact) mass is 897 g/mol. The van der Waals surface area contributed by atoms with Gasteiger partial charge in [-0.25, -0.2) is 4.79 Å². The Bertz CT molecular complexity index is 1300. The molecule has 2 atom stereocenters. The van der Waals surface area contributed by atoms with Gasteiger partial charge in [0, 0.05) is 77.2 Å². The largest absolute Gasteiger partial charge is 0.650 e. The summed E-state index contributed by atoms with van der Waals surface area (Å²) in [6.07, 6.45) is 5.03. The van der Waals surface area contributed by atoms with Crippen LogP contribution in [0.2, 0.25) is 0 Å². The molecule has 2 unspecified atom stereocenters. The Hall–Kier alpha value is -3.23. The van der Waals surface area contributed by atoms with Crippen LogP contribution in [0.3, 0.4) is 0 Å². The Morgan fingerprint density at radius 3 is 2.13 bits per heavy atom. The van der Waals surface area contributed by atoms with E-state index < -0.39 is 5.97 Å². The molecule has 15 heteroatoms. The number of hydrogen-bond donors (Lipinski definition) is 7. The van der Waals surface area contributed by atoms with Crippen molar-refractivity contribution >= 4 is 35.6 Å². The first-order valence-corrected chi connectivity index (χ1v) is 17.5. The number of urea groups is 1. The number of carbonyl (C=O) groups excluding carboxylic acids is 3. The van der Waals surface area contributed by atoms with Gasteiger partial charge in [0.1, 0.15) is 6.29 Å². The normalized spacial score (nSPS) is 16.3. The summed E-state index contributed by atoms with van der Waals surface area (Å²) in [4.78, 5) is 44.5. The number of piperidine rings is 1. The summed E-state index contributed by atoms with van der Waals surface area (Å²) in [5, 5.41) is 33.1. The summed E-state index contributed by atoms with van der Waals surface area (Å²) in [7, 11) is 0. The number of anilines is 2. The van der Waals surface area contributed by atoms with Gasteiger partial charge in [-0.3, -0.25) is 9.59 Å². The fourth-order valence-electron chi connectivity index (χ4n) is 4.88. The number of aliphatic hydroxyl groups is 1. The van der Waals surface area contributed by atoms with Gasteiger partial charge in [-0.2, -0.15) is 0 Å². The summed E-state index contributed by atoms with van der Waals surface area (Å²) in [5.41, 5.74) is 8.67. The minimum atomic E-state index is -0.660. The molecular formula is C37H57N6O8W-. The number of nitrogens with zero attached hydrogens (tertiary/aromatic N) is 1. The fourth-order valence-corrected chi connectivity index (χ4v) is 4.88. The van der Waals surface area contributed by atoms with Gasteiger partial charge in [0.2, 0.25) is 5.91 Å². The third-order valence-corrected chi connectivity index (χ3v) is 7.99. The van der Waals surface area contributed by atoms with Gasteiger partial charge in [-0.05, 0) is 101 Å². The molecule has 4 rings (SSSR count). The Kier molecular flexibility index (Phi) is 23.9. The summed E-state index contributed by atoms with van der Waals surface area (Å²) in [5.74, 6) is -0.274. The molecule has 290 valence electrons. The van der Waals surface area contributed by atoms with Gasteiger partial charge in [0.15, 0.2) is 0 Å². The van der Waals surface area contributed by atoms with Crippen LogP contribution in [0.1, 0.15) is 70.4 Å². The first kappa shape index (κ1) is 46.8. The van der Waals surface area contributed by atoms with E-state index in [1.54, 1.807) is 36.4 Å². The number of ether oxygens (including phenoxy) is 2. The molecule has 2 aromatic rings. The number of hydrogen-bond acceptors (Lipinski definition) is 9. The standard InChI is InChI=1S/C25H36N4O4.C7H13NO2.C5H8NO2.W/c1-18(33-15-14-25(2,3)26)4-13-23(31)27-16-19-5-9-21(10-6-19)28-24(32)29-22-11-7-20(17-30)8-12-22;9-7(10)5-6-1-3-8-4-2-6;7-3-5-4-8-2-1-6-5;/h5-12,18,30H,4,13-17,26H2,1-3H3,(H,27,31)(H2,28,29,32);6,8H,1-5H2,(H,9,10);3,5H,1-2,4H2;/q;;-1;. The quantitative estimate of drug-likeness (QED) is 0.127. The second-order valence-corrected chi connectivity index (χ2v) is 13.3. The number of benzene rings is 2. The molecule has 2 aliphatic rings. The molecule has 2 heterocycles. The summed E-state index contributed by atoms with van der Waals surface area (Å²) >= 11 is 0. The van der Waals surface area contributed by atoms with Gasteiger partial charge in [0.25, 0.3) is 0 Å². The number of aliphatic carboxylic acids is 1. The second-order valence-electron chi connectivity index (χ2n) is 13.3. The molecule has 0 spiro atoms. The number of carboxylic acid groups (broad SMARTS) is 1. The number of rotatable bonds is 15. The molecular weight excluding hydrogens is 840 g/mol. The maximum absolute atomic E-state index is 12.1. The van der Waals surface area contributed by atoms with Crippen LogP contribution in [0.15, 0.2) is 48.5 Å². The molecule has 0 radical (unpaired) electrons. The van der Waals surface area contributed by atoms with Gasteiger partial charge >= 0.3 is 12.0 Å². The van der Waals surface area contributed by atoms with Crippen LogP contribution in [0.4, 0.5) is 16.2 Å². The van der Waals surface area contributed by atoms with Crippen molar-refractivity contribution in [2.45, 2.75) is 90.1 Å². The molecule has 2 saturated heterocycles. The maximum atomic E-state index is 12.1. The Balaban J connectivity index is 0.000000574. The van der Waals surface area contributed by atoms with Crippen LogP contribution in [0.25, 0.3) is 5.32 Å². The van der Waals surface area contributed by atoms with E-state index in [9.17, 15) is 19.2 Å². The van der Waals surface area contributed by atoms with Crippen molar-refractivity contribution in [2.24, 2.45) is 11.7 Å². The Labute approximate surface area is 322 Å². The predicted molar refractivity (Wildman–Crippen MR) is 198 cm³/mol. The number of carbonyl (C=O) groups is 4. The van der Waals surface area contributed by atoms with E-state index in [2.05, 4.69) is 26.6 Å². The van der Waals surface area contributed by atoms with Crippen molar-refractivity contribution in [3.05, 3.63) is 65.0 Å². The van der Waals surface area contributed by atoms with E-state index in [-0.39, 0.29) is 57.3 Å². The van der Waals surface area contributed by atoms with Crippen LogP contribution < -0.4 is 27.0 Å². The van der Waals surface area contributed by atoms with Crippen LogP contribution in [-0.4, -0.2) is 91.5 Å². The zero-order chi connectivity index (χ0) is 37.5. The molecule has 0 bridgehead atoms. The number of aliphatic hydroxyl groups excluding tert-OH is 1. The van der Waals surface area contributed by atoms with Crippen LogP contribution >= 0.6 is 0 Å². The van der Waals surface area contributed by atoms with E-state index in [1.807, 2.05) is 32.9 Å². The number of nitrogens with two attached hydrogens (primary N) is 1. The molecule has 14 nitrogen and oxygen atoms in total. The minimum absolute atomic E-state index is 0. The van der Waals surface area contributed by atoms with E-state index in [0.717, 1.165) is 49.8 Å². The van der Waals surface area contributed by atoms with Gasteiger partial charge < -0.3 is 56.8 Å². The van der Waals surface area contributed by atoms with Crippen LogP contribution in [0.5, 0.6) is 0 Å². The maximum Gasteiger partial charge on any atom is 0.323 e. The molecule has 0 aromatic heterocycles. The molecule has 3 amide bonds. The number of aldehydes is 1. The van der Waals surface area contributed by atoms with Gasteiger partial charge in [0.05, 0.1) is 12.7 Å². The molecule has 2 aromatic carbocycles. The number of morpholine rings is 1. The summed E-state index contributed by atoms with van der Waals surface area (Å²) < 4.78 is 10.7. The number of carboxylic acids is 1. The predicted octanol–water partition coefficient (Wildman–Crippen LogP) is 4.17. The molecule has 52 heavy (non-hydrogen) atoms. The first-order valence-electron chi connectivity index (χ1n) is 17.5. The first-order chi connectivity index (χ1) is 24.4. The van der Waals surface area contributed by atoms with E-state index in [0.29, 0.717) is 69.5 Å². The Morgan fingerprint density at radius 2 is 1.65 bits per heavy atom. The van der Waals surface area contributed by atoms with Crippen molar-refractivity contribution in [1.29, 1.82) is 0 Å². The fraction of sp³-hybridized carbons (Fsp3) is 0.568. The number of amides is 3. The molecule has 2 fully saturated rings. The van der Waals surface area contributed by atoms with E-state index in [1.165, 1.54) is 0 Å². The van der Waals surface area contributed by atoms with Crippen molar-refractivity contribution in [3.8, 4) is 0 Å². The average Bonchev–Trinajstić information content (AvgIpc) is 3.11. The molecule has 0 aliphatic carbocycles. The molecule has 0 saturated carbocycles. The van der Waals surface area contributed by atoms with Crippen molar-refractivity contribution in [1.82, 2.24) is 10.6 Å². The van der Waals surface area contributed by atoms with Crippen LogP contribution in [-0.2, 0) is 58.1 Å². The zero-order valence-corrected chi connectivity index (χ0v) is 33.5. The SMILES string of the molecule is CC(CCC(=O)NCc1ccc(NC(=O)Nc2ccc(CO)cc2)cc1)OCCC(C)(C)N.O=C(O)CC1CCNCC1.O=CC1COCC[N-]1.[W]. The minimum Gasteiger partial charge on any atom is -0.650 e. The second kappa shape index (κ2) is 26.5. The third-order valence-electron chi connectivity index (χ3n) is 7.99. The topological polar surface area (TPSA) is 215 Å². The van der Waals surface area contributed by atoms with Crippen LogP contribution in [0, 0.1) is 5.92 Å². The number of nitrogens with one attached hydrogen (secondary N) is 4. The van der Waals surface area contributed by atoms with E-state index >= 15 is 0 Å². The van der Waals surface area contributed by atoms with Crippen molar-refractivity contribution in [3.63, 3.8) is 0 Å². The Morgan fingerprint density at radius 1 is 1.06 bits per heavy atom. The summed E-state index contributed by atoms with van der Waals surface area (Å²) in [6, 6.07) is 13.7. The smallest absolute Gasteiger partial charge is 0.323 e. The van der Waals surface area contributed by atoms with Crippen molar-refractivity contribution in [2.75, 3.05) is 50.1 Å². The van der Waals surface area contributed by atoms with Gasteiger partial charge in [-0.1, -0.05) is 30.3 Å². The zero-order valence-electron chi connectivity index (χ0n) is 30.6. The van der Waals surface area contributed by atoms with Gasteiger partial charge in [-0.15, -0.1) is 6.54 Å². The average molecular weight is 898 g/mol. The molecule has 8 N–H and O–H groups in total. The van der Waals surface area contributed by atoms with Crippen molar-refractivity contribution < 1.29 is 59.9 Å². The molecule has 2 aliphatic heterocycles.